The summed E-state index contributed by atoms with van der Waals surface area (Å²) in [5, 5.41) is 0. The maximum absolute atomic E-state index is 12.5. The first-order valence-electron chi connectivity index (χ1n) is 9.47. The summed E-state index contributed by atoms with van der Waals surface area (Å²) in [7, 11) is 0. The molecule has 0 fully saturated rings. The molecule has 3 aromatic rings. The average Bonchev–Trinajstić information content (AvgIpc) is 3.14. The van der Waals surface area contributed by atoms with Crippen molar-refractivity contribution < 1.29 is 18.7 Å². The Morgan fingerprint density at radius 1 is 1.04 bits per heavy atom. The van der Waals surface area contributed by atoms with E-state index in [1.807, 2.05) is 48.5 Å². The molecule has 0 bridgehead atoms. The van der Waals surface area contributed by atoms with E-state index >= 15 is 0 Å². The molecular weight excluding hydrogens is 354 g/mol. The standard InChI is InChI=1S/C23H21NO4/c1-15-21(24-22(28-15)17-8-3-2-4-9-17)23(26)27-14-20(25)19-12-11-16-7-5-6-10-18(16)13-19/h2-4,8-9,11-13H,5-7,10,14H2,1H3. The molecule has 1 aliphatic rings. The second-order valence-corrected chi connectivity index (χ2v) is 6.98. The smallest absolute Gasteiger partial charge is 0.361 e. The highest BCUT2D eigenvalue weighted by Gasteiger charge is 2.21. The van der Waals surface area contributed by atoms with Crippen LogP contribution in [0, 0.1) is 6.92 Å². The molecule has 0 radical (unpaired) electrons. The molecule has 0 N–H and O–H groups in total. The molecule has 4 rings (SSSR count). The maximum Gasteiger partial charge on any atom is 0.361 e. The molecule has 0 aliphatic heterocycles. The number of ether oxygens (including phenoxy) is 1. The predicted octanol–water partition coefficient (Wildman–Crippen LogP) is 4.57. The summed E-state index contributed by atoms with van der Waals surface area (Å²) in [6, 6.07) is 15.1. The van der Waals surface area contributed by atoms with Gasteiger partial charge in [-0.05, 0) is 61.9 Å². The topological polar surface area (TPSA) is 69.4 Å². The zero-order chi connectivity index (χ0) is 19.5. The fourth-order valence-electron chi connectivity index (χ4n) is 3.48. The van der Waals surface area contributed by atoms with Crippen LogP contribution < -0.4 is 0 Å². The first-order valence-corrected chi connectivity index (χ1v) is 9.47. The summed E-state index contributed by atoms with van der Waals surface area (Å²) >= 11 is 0. The fourth-order valence-corrected chi connectivity index (χ4v) is 3.48. The number of oxazole rings is 1. The summed E-state index contributed by atoms with van der Waals surface area (Å²) in [6.45, 7) is 1.34. The van der Waals surface area contributed by atoms with Crippen LogP contribution in [0.4, 0.5) is 0 Å². The van der Waals surface area contributed by atoms with Crippen molar-refractivity contribution >= 4 is 11.8 Å². The van der Waals surface area contributed by atoms with Crippen molar-refractivity contribution in [2.75, 3.05) is 6.61 Å². The van der Waals surface area contributed by atoms with E-state index in [-0.39, 0.29) is 18.1 Å². The Hall–Kier alpha value is -3.21. The minimum Gasteiger partial charge on any atom is -0.452 e. The number of hydrogen-bond acceptors (Lipinski definition) is 5. The number of carbonyl (C=O) groups is 2. The van der Waals surface area contributed by atoms with Crippen molar-refractivity contribution in [2.45, 2.75) is 32.6 Å². The van der Waals surface area contributed by atoms with Crippen LogP contribution >= 0.6 is 0 Å². The minimum atomic E-state index is -0.658. The largest absolute Gasteiger partial charge is 0.452 e. The monoisotopic (exact) mass is 375 g/mol. The first-order chi connectivity index (χ1) is 13.6. The van der Waals surface area contributed by atoms with E-state index in [0.29, 0.717) is 17.2 Å². The Morgan fingerprint density at radius 2 is 1.79 bits per heavy atom. The van der Waals surface area contributed by atoms with Crippen LogP contribution in [0.5, 0.6) is 0 Å². The van der Waals surface area contributed by atoms with Crippen molar-refractivity contribution in [3.05, 3.63) is 76.7 Å². The number of rotatable bonds is 5. The lowest BCUT2D eigenvalue weighted by molar-refractivity contribution is 0.0468. The molecule has 1 heterocycles. The van der Waals surface area contributed by atoms with E-state index < -0.39 is 5.97 Å². The van der Waals surface area contributed by atoms with E-state index in [2.05, 4.69) is 4.98 Å². The van der Waals surface area contributed by atoms with Crippen LogP contribution in [0.25, 0.3) is 11.5 Å². The molecule has 5 nitrogen and oxygen atoms in total. The van der Waals surface area contributed by atoms with Crippen LogP contribution in [0.3, 0.4) is 0 Å². The van der Waals surface area contributed by atoms with Crippen molar-refractivity contribution in [3.63, 3.8) is 0 Å². The molecule has 142 valence electrons. The van der Waals surface area contributed by atoms with Gasteiger partial charge in [-0.15, -0.1) is 0 Å². The summed E-state index contributed by atoms with van der Waals surface area (Å²) in [4.78, 5) is 29.1. The number of carbonyl (C=O) groups excluding carboxylic acids is 2. The van der Waals surface area contributed by atoms with Crippen LogP contribution in [0.2, 0.25) is 0 Å². The molecule has 0 unspecified atom stereocenters. The molecule has 1 aromatic heterocycles. The first kappa shape index (κ1) is 18.2. The molecular formula is C23H21NO4. The molecule has 1 aliphatic carbocycles. The molecule has 0 saturated heterocycles. The number of benzene rings is 2. The Labute approximate surface area is 163 Å². The molecule has 2 aromatic carbocycles. The van der Waals surface area contributed by atoms with Gasteiger partial charge in [0.25, 0.3) is 0 Å². The highest BCUT2D eigenvalue weighted by molar-refractivity contribution is 5.99. The molecule has 0 saturated carbocycles. The fraction of sp³-hybridized carbons (Fsp3) is 0.261. The number of aromatic nitrogens is 1. The quantitative estimate of drug-likeness (QED) is 0.483. The van der Waals surface area contributed by atoms with Crippen LogP contribution in [-0.2, 0) is 17.6 Å². The second-order valence-electron chi connectivity index (χ2n) is 6.98. The van der Waals surface area contributed by atoms with Crippen molar-refractivity contribution in [1.82, 2.24) is 4.98 Å². The van der Waals surface area contributed by atoms with Gasteiger partial charge in [-0.1, -0.05) is 30.3 Å². The number of aryl methyl sites for hydroxylation is 3. The minimum absolute atomic E-state index is 0.0945. The van der Waals surface area contributed by atoms with E-state index in [9.17, 15) is 9.59 Å². The van der Waals surface area contributed by atoms with Crippen LogP contribution in [0.1, 0.15) is 50.6 Å². The Balaban J connectivity index is 1.43. The number of Topliss-reactive ketones (excluding diaryl/α,β-unsaturated/α-hetero) is 1. The van der Waals surface area contributed by atoms with E-state index in [0.717, 1.165) is 24.8 Å². The lowest BCUT2D eigenvalue weighted by Gasteiger charge is -2.16. The third kappa shape index (κ3) is 3.74. The van der Waals surface area contributed by atoms with E-state index in [4.69, 9.17) is 9.15 Å². The molecule has 5 heteroatoms. The van der Waals surface area contributed by atoms with Gasteiger partial charge in [-0.2, -0.15) is 0 Å². The zero-order valence-corrected chi connectivity index (χ0v) is 15.7. The molecule has 0 atom stereocenters. The van der Waals surface area contributed by atoms with Gasteiger partial charge in [0.2, 0.25) is 5.89 Å². The number of ketones is 1. The number of esters is 1. The normalized spacial score (nSPS) is 13.0. The lowest BCUT2D eigenvalue weighted by atomic mass is 9.90. The van der Waals surface area contributed by atoms with Gasteiger partial charge in [-0.25, -0.2) is 9.78 Å². The number of fused-ring (bicyclic) bond motifs is 1. The summed E-state index contributed by atoms with van der Waals surface area (Å²) in [5.74, 6) is -0.156. The van der Waals surface area contributed by atoms with E-state index in [1.165, 1.54) is 17.5 Å². The highest BCUT2D eigenvalue weighted by Crippen LogP contribution is 2.23. The van der Waals surface area contributed by atoms with Crippen LogP contribution in [0.15, 0.2) is 52.9 Å². The van der Waals surface area contributed by atoms with Gasteiger partial charge in [0, 0.05) is 11.1 Å². The number of hydrogen-bond donors (Lipinski definition) is 0. The van der Waals surface area contributed by atoms with Gasteiger partial charge in [-0.3, -0.25) is 4.79 Å². The Bertz CT molecular complexity index is 1020. The Morgan fingerprint density at radius 3 is 2.57 bits per heavy atom. The summed E-state index contributed by atoms with van der Waals surface area (Å²) in [5.41, 5.74) is 3.98. The average molecular weight is 375 g/mol. The van der Waals surface area contributed by atoms with E-state index in [1.54, 1.807) is 6.92 Å². The van der Waals surface area contributed by atoms with Crippen molar-refractivity contribution in [3.8, 4) is 11.5 Å². The summed E-state index contributed by atoms with van der Waals surface area (Å²) < 4.78 is 10.8. The molecule has 28 heavy (non-hydrogen) atoms. The number of nitrogens with zero attached hydrogens (tertiary/aromatic N) is 1. The van der Waals surface area contributed by atoms with Crippen LogP contribution in [-0.4, -0.2) is 23.3 Å². The van der Waals surface area contributed by atoms with Gasteiger partial charge >= 0.3 is 5.97 Å². The van der Waals surface area contributed by atoms with Gasteiger partial charge in [0.05, 0.1) is 0 Å². The highest BCUT2D eigenvalue weighted by atomic mass is 16.5. The lowest BCUT2D eigenvalue weighted by Crippen LogP contribution is -2.16. The van der Waals surface area contributed by atoms with Gasteiger partial charge in [0.15, 0.2) is 18.1 Å². The van der Waals surface area contributed by atoms with Crippen molar-refractivity contribution in [2.24, 2.45) is 0 Å². The zero-order valence-electron chi connectivity index (χ0n) is 15.7. The SMILES string of the molecule is Cc1oc(-c2ccccc2)nc1C(=O)OCC(=O)c1ccc2c(c1)CCCC2. The van der Waals surface area contributed by atoms with Gasteiger partial charge in [0.1, 0.15) is 5.76 Å². The third-order valence-electron chi connectivity index (χ3n) is 5.02. The molecule has 0 spiro atoms. The predicted molar refractivity (Wildman–Crippen MR) is 104 cm³/mol. The Kier molecular flexibility index (Phi) is 5.06. The maximum atomic E-state index is 12.5. The molecule has 0 amide bonds. The summed E-state index contributed by atoms with van der Waals surface area (Å²) in [6.07, 6.45) is 4.40. The second kappa shape index (κ2) is 7.80. The third-order valence-corrected chi connectivity index (χ3v) is 5.02. The van der Waals surface area contributed by atoms with Crippen molar-refractivity contribution in [1.29, 1.82) is 0 Å². The van der Waals surface area contributed by atoms with Gasteiger partial charge < -0.3 is 9.15 Å².